The van der Waals surface area contributed by atoms with Crippen molar-refractivity contribution in [1.29, 1.82) is 0 Å². The van der Waals surface area contributed by atoms with Crippen LogP contribution in [-0.2, 0) is 13.5 Å². The average Bonchev–Trinajstić information content (AvgIpc) is 2.58. The van der Waals surface area contributed by atoms with Gasteiger partial charge in [0.2, 0.25) is 0 Å². The SMILES string of the molecule is Cn1cnc2c1CCC2CCN. The second kappa shape index (κ2) is 2.90. The smallest absolute Gasteiger partial charge is 0.0949 e. The van der Waals surface area contributed by atoms with E-state index in [0.29, 0.717) is 5.92 Å². The fourth-order valence-corrected chi connectivity index (χ4v) is 2.05. The Hall–Kier alpha value is -0.830. The topological polar surface area (TPSA) is 43.8 Å². The number of hydrogen-bond acceptors (Lipinski definition) is 2. The number of aryl methyl sites for hydroxylation is 1. The van der Waals surface area contributed by atoms with Gasteiger partial charge in [-0.15, -0.1) is 0 Å². The van der Waals surface area contributed by atoms with Gasteiger partial charge < -0.3 is 10.3 Å². The Balaban J connectivity index is 2.24. The summed E-state index contributed by atoms with van der Waals surface area (Å²) < 4.78 is 2.13. The Bertz CT molecular complexity index is 277. The van der Waals surface area contributed by atoms with E-state index in [-0.39, 0.29) is 0 Å². The zero-order valence-electron chi connectivity index (χ0n) is 7.45. The van der Waals surface area contributed by atoms with E-state index in [1.165, 1.54) is 24.2 Å². The van der Waals surface area contributed by atoms with Gasteiger partial charge in [-0.25, -0.2) is 4.98 Å². The lowest BCUT2D eigenvalue weighted by atomic mass is 10.0. The molecule has 0 amide bonds. The average molecular weight is 165 g/mol. The number of rotatable bonds is 2. The molecule has 0 aromatic carbocycles. The van der Waals surface area contributed by atoms with Crippen LogP contribution in [0.5, 0.6) is 0 Å². The molecule has 1 aromatic rings. The number of aromatic nitrogens is 2. The van der Waals surface area contributed by atoms with Gasteiger partial charge in [0.05, 0.1) is 12.0 Å². The van der Waals surface area contributed by atoms with Gasteiger partial charge >= 0.3 is 0 Å². The van der Waals surface area contributed by atoms with Gasteiger partial charge in [-0.05, 0) is 25.8 Å². The first-order chi connectivity index (χ1) is 5.83. The number of hydrogen-bond donors (Lipinski definition) is 1. The van der Waals surface area contributed by atoms with Gasteiger partial charge in [-0.1, -0.05) is 0 Å². The Kier molecular flexibility index (Phi) is 1.89. The van der Waals surface area contributed by atoms with E-state index in [9.17, 15) is 0 Å². The van der Waals surface area contributed by atoms with Crippen molar-refractivity contribution in [3.8, 4) is 0 Å². The van der Waals surface area contributed by atoms with Gasteiger partial charge in [-0.2, -0.15) is 0 Å². The fourth-order valence-electron chi connectivity index (χ4n) is 2.05. The molecule has 66 valence electrons. The standard InChI is InChI=1S/C9H15N3/c1-12-6-11-9-7(4-5-10)2-3-8(9)12/h6-7H,2-5,10H2,1H3. The Morgan fingerprint density at radius 1 is 1.75 bits per heavy atom. The van der Waals surface area contributed by atoms with E-state index in [4.69, 9.17) is 5.73 Å². The molecule has 0 aliphatic heterocycles. The summed E-state index contributed by atoms with van der Waals surface area (Å²) in [5.41, 5.74) is 8.24. The molecule has 1 aliphatic carbocycles. The second-order valence-corrected chi connectivity index (χ2v) is 3.50. The van der Waals surface area contributed by atoms with Crippen LogP contribution in [0.1, 0.15) is 30.1 Å². The molecule has 1 unspecified atom stereocenters. The summed E-state index contributed by atoms with van der Waals surface area (Å²) >= 11 is 0. The molecule has 0 radical (unpaired) electrons. The lowest BCUT2D eigenvalue weighted by Crippen LogP contribution is -2.05. The number of nitrogens with zero attached hydrogens (tertiary/aromatic N) is 2. The van der Waals surface area contributed by atoms with Crippen LogP contribution < -0.4 is 5.73 Å². The largest absolute Gasteiger partial charge is 0.337 e. The quantitative estimate of drug-likeness (QED) is 0.704. The first-order valence-electron chi connectivity index (χ1n) is 4.53. The summed E-state index contributed by atoms with van der Waals surface area (Å²) in [5.74, 6) is 0.631. The van der Waals surface area contributed by atoms with Gasteiger partial charge in [0.15, 0.2) is 0 Å². The van der Waals surface area contributed by atoms with Gasteiger partial charge in [0.1, 0.15) is 0 Å². The lowest BCUT2D eigenvalue weighted by Gasteiger charge is -2.04. The van der Waals surface area contributed by atoms with Crippen molar-refractivity contribution >= 4 is 0 Å². The highest BCUT2D eigenvalue weighted by molar-refractivity contribution is 5.23. The molecule has 1 heterocycles. The maximum atomic E-state index is 5.54. The maximum absolute atomic E-state index is 5.54. The fraction of sp³-hybridized carbons (Fsp3) is 0.667. The molecule has 1 aliphatic rings. The highest BCUT2D eigenvalue weighted by atomic mass is 15.0. The van der Waals surface area contributed by atoms with Crippen molar-refractivity contribution in [1.82, 2.24) is 9.55 Å². The normalized spacial score (nSPS) is 21.3. The molecular formula is C9H15N3. The maximum Gasteiger partial charge on any atom is 0.0949 e. The van der Waals surface area contributed by atoms with Crippen molar-refractivity contribution in [2.75, 3.05) is 6.54 Å². The number of imidazole rings is 1. The van der Waals surface area contributed by atoms with Crippen molar-refractivity contribution in [2.24, 2.45) is 12.8 Å². The predicted molar refractivity (Wildman–Crippen MR) is 47.9 cm³/mol. The first-order valence-corrected chi connectivity index (χ1v) is 4.53. The third-order valence-electron chi connectivity index (χ3n) is 2.72. The number of nitrogens with two attached hydrogens (primary N) is 1. The van der Waals surface area contributed by atoms with E-state index in [0.717, 1.165) is 13.0 Å². The molecule has 1 aromatic heterocycles. The lowest BCUT2D eigenvalue weighted by molar-refractivity contribution is 0.611. The number of fused-ring (bicyclic) bond motifs is 1. The molecule has 2 rings (SSSR count). The molecule has 0 saturated carbocycles. The minimum absolute atomic E-state index is 0.631. The van der Waals surface area contributed by atoms with Crippen LogP contribution in [0.3, 0.4) is 0 Å². The summed E-state index contributed by atoms with van der Waals surface area (Å²) in [6, 6.07) is 0. The molecule has 2 N–H and O–H groups in total. The zero-order chi connectivity index (χ0) is 8.55. The van der Waals surface area contributed by atoms with Crippen LogP contribution in [0.25, 0.3) is 0 Å². The van der Waals surface area contributed by atoms with E-state index in [1.807, 2.05) is 6.33 Å². The monoisotopic (exact) mass is 165 g/mol. The van der Waals surface area contributed by atoms with Crippen molar-refractivity contribution < 1.29 is 0 Å². The summed E-state index contributed by atoms with van der Waals surface area (Å²) in [4.78, 5) is 4.40. The molecule has 1 atom stereocenters. The van der Waals surface area contributed by atoms with Crippen LogP contribution in [0.4, 0.5) is 0 Å². The Morgan fingerprint density at radius 2 is 2.58 bits per heavy atom. The molecule has 3 heteroatoms. The van der Waals surface area contributed by atoms with Crippen molar-refractivity contribution in [2.45, 2.75) is 25.2 Å². The Morgan fingerprint density at radius 3 is 3.33 bits per heavy atom. The molecule has 0 fully saturated rings. The van der Waals surface area contributed by atoms with E-state index < -0.39 is 0 Å². The summed E-state index contributed by atoms with van der Waals surface area (Å²) in [6.07, 6.45) is 5.41. The molecule has 0 spiro atoms. The van der Waals surface area contributed by atoms with Gasteiger partial charge in [0, 0.05) is 18.7 Å². The molecular weight excluding hydrogens is 150 g/mol. The van der Waals surface area contributed by atoms with Crippen LogP contribution in [-0.4, -0.2) is 16.1 Å². The van der Waals surface area contributed by atoms with Crippen LogP contribution in [0.2, 0.25) is 0 Å². The minimum Gasteiger partial charge on any atom is -0.337 e. The molecule has 3 nitrogen and oxygen atoms in total. The molecule has 12 heavy (non-hydrogen) atoms. The minimum atomic E-state index is 0.631. The van der Waals surface area contributed by atoms with Crippen LogP contribution >= 0.6 is 0 Å². The third-order valence-corrected chi connectivity index (χ3v) is 2.72. The van der Waals surface area contributed by atoms with E-state index in [1.54, 1.807) is 0 Å². The summed E-state index contributed by atoms with van der Waals surface area (Å²) in [5, 5.41) is 0. The summed E-state index contributed by atoms with van der Waals surface area (Å²) in [6.45, 7) is 0.778. The second-order valence-electron chi connectivity index (χ2n) is 3.50. The van der Waals surface area contributed by atoms with Crippen LogP contribution in [0.15, 0.2) is 6.33 Å². The highest BCUT2D eigenvalue weighted by Crippen LogP contribution is 2.33. The molecule has 0 saturated heterocycles. The zero-order valence-corrected chi connectivity index (χ0v) is 7.45. The van der Waals surface area contributed by atoms with Crippen molar-refractivity contribution in [3.05, 3.63) is 17.7 Å². The van der Waals surface area contributed by atoms with Gasteiger partial charge in [-0.3, -0.25) is 0 Å². The molecule has 0 bridgehead atoms. The summed E-state index contributed by atoms with van der Waals surface area (Å²) in [7, 11) is 2.07. The van der Waals surface area contributed by atoms with E-state index >= 15 is 0 Å². The Labute approximate surface area is 72.6 Å². The predicted octanol–water partition coefficient (Wildman–Crippen LogP) is 0.799. The van der Waals surface area contributed by atoms with Crippen molar-refractivity contribution in [3.63, 3.8) is 0 Å². The highest BCUT2D eigenvalue weighted by Gasteiger charge is 2.25. The van der Waals surface area contributed by atoms with E-state index in [2.05, 4.69) is 16.6 Å². The van der Waals surface area contributed by atoms with Crippen LogP contribution in [0, 0.1) is 0 Å². The first kappa shape index (κ1) is 7.80. The van der Waals surface area contributed by atoms with Gasteiger partial charge in [0.25, 0.3) is 0 Å². The third kappa shape index (κ3) is 1.05.